The highest BCUT2D eigenvalue weighted by molar-refractivity contribution is 7.98. The lowest BCUT2D eigenvalue weighted by Gasteiger charge is -1.79. The van der Waals surface area contributed by atoms with Crippen LogP contribution in [0.2, 0.25) is 0 Å². The van der Waals surface area contributed by atoms with E-state index in [0.717, 1.165) is 5.75 Å². The van der Waals surface area contributed by atoms with Crippen molar-refractivity contribution < 1.29 is 0 Å². The van der Waals surface area contributed by atoms with Crippen molar-refractivity contribution in [2.24, 2.45) is 0 Å². The van der Waals surface area contributed by atoms with E-state index in [-0.39, 0.29) is 0 Å². The first-order valence-electron chi connectivity index (χ1n) is 2.11. The lowest BCUT2D eigenvalue weighted by Crippen LogP contribution is -1.65. The van der Waals surface area contributed by atoms with E-state index in [4.69, 9.17) is 11.6 Å². The SMILES string of the molecule is CSC/C=C/CCl. The molecule has 0 saturated heterocycles. The smallest absolute Gasteiger partial charge is 0.0404 e. The summed E-state index contributed by atoms with van der Waals surface area (Å²) in [5.74, 6) is 1.72. The van der Waals surface area contributed by atoms with Crippen LogP contribution >= 0.6 is 23.4 Å². The summed E-state index contributed by atoms with van der Waals surface area (Å²) in [6, 6.07) is 0. The van der Waals surface area contributed by atoms with E-state index in [1.807, 2.05) is 6.08 Å². The third-order valence-corrected chi connectivity index (χ3v) is 1.22. The number of hydrogen-bond donors (Lipinski definition) is 0. The third-order valence-electron chi connectivity index (χ3n) is 0.519. The van der Waals surface area contributed by atoms with Gasteiger partial charge in [0, 0.05) is 11.6 Å². The van der Waals surface area contributed by atoms with E-state index in [2.05, 4.69) is 12.3 Å². The molecular weight excluding hydrogens is 128 g/mol. The highest BCUT2D eigenvalue weighted by Gasteiger charge is 1.68. The van der Waals surface area contributed by atoms with Crippen LogP contribution in [0.15, 0.2) is 12.2 Å². The van der Waals surface area contributed by atoms with Gasteiger partial charge >= 0.3 is 0 Å². The summed E-state index contributed by atoms with van der Waals surface area (Å²) in [5.41, 5.74) is 0. The van der Waals surface area contributed by atoms with Crippen LogP contribution in [0.3, 0.4) is 0 Å². The second-order valence-electron chi connectivity index (χ2n) is 1.08. The monoisotopic (exact) mass is 136 g/mol. The van der Waals surface area contributed by atoms with Crippen molar-refractivity contribution in [1.29, 1.82) is 0 Å². The fourth-order valence-corrected chi connectivity index (χ4v) is 0.682. The van der Waals surface area contributed by atoms with E-state index >= 15 is 0 Å². The number of allylic oxidation sites excluding steroid dienone is 1. The van der Waals surface area contributed by atoms with Gasteiger partial charge in [0.15, 0.2) is 0 Å². The highest BCUT2D eigenvalue weighted by Crippen LogP contribution is 1.90. The van der Waals surface area contributed by atoms with Crippen molar-refractivity contribution in [2.75, 3.05) is 17.9 Å². The number of rotatable bonds is 3. The quantitative estimate of drug-likeness (QED) is 0.423. The number of thioether (sulfide) groups is 1. The standard InChI is InChI=1S/C5H9ClS/c1-7-5-3-2-4-6/h2-3H,4-5H2,1H3/b3-2+. The Labute approximate surface area is 53.9 Å². The van der Waals surface area contributed by atoms with E-state index in [9.17, 15) is 0 Å². The molecule has 0 nitrogen and oxygen atoms in total. The van der Waals surface area contributed by atoms with Crippen LogP contribution in [-0.4, -0.2) is 17.9 Å². The maximum atomic E-state index is 5.34. The van der Waals surface area contributed by atoms with E-state index in [0.29, 0.717) is 5.88 Å². The van der Waals surface area contributed by atoms with Crippen LogP contribution in [0.4, 0.5) is 0 Å². The Balaban J connectivity index is 2.78. The van der Waals surface area contributed by atoms with Gasteiger partial charge in [-0.3, -0.25) is 0 Å². The molecule has 0 heterocycles. The molecule has 0 rings (SSSR count). The molecular formula is C5H9ClS. The first-order valence-corrected chi connectivity index (χ1v) is 4.04. The molecule has 0 aliphatic carbocycles. The summed E-state index contributed by atoms with van der Waals surface area (Å²) >= 11 is 7.14. The minimum atomic E-state index is 0.639. The van der Waals surface area contributed by atoms with Crippen LogP contribution in [-0.2, 0) is 0 Å². The van der Waals surface area contributed by atoms with Gasteiger partial charge in [-0.1, -0.05) is 12.2 Å². The Morgan fingerprint density at radius 3 is 2.71 bits per heavy atom. The van der Waals surface area contributed by atoms with Gasteiger partial charge in [-0.15, -0.1) is 11.6 Å². The van der Waals surface area contributed by atoms with Gasteiger partial charge in [-0.25, -0.2) is 0 Å². The lowest BCUT2D eigenvalue weighted by atomic mass is 10.6. The second kappa shape index (κ2) is 6.38. The Morgan fingerprint density at radius 1 is 1.57 bits per heavy atom. The van der Waals surface area contributed by atoms with Crippen molar-refractivity contribution >= 4 is 23.4 Å². The van der Waals surface area contributed by atoms with Gasteiger partial charge < -0.3 is 0 Å². The Kier molecular flexibility index (Phi) is 6.73. The predicted molar refractivity (Wildman–Crippen MR) is 38.2 cm³/mol. The first-order chi connectivity index (χ1) is 3.41. The van der Waals surface area contributed by atoms with Crippen LogP contribution in [0.25, 0.3) is 0 Å². The van der Waals surface area contributed by atoms with E-state index < -0.39 is 0 Å². The normalized spacial score (nSPS) is 10.6. The molecule has 0 N–H and O–H groups in total. The fraction of sp³-hybridized carbons (Fsp3) is 0.600. The average Bonchev–Trinajstić information content (AvgIpc) is 1.69. The molecule has 42 valence electrons. The van der Waals surface area contributed by atoms with Crippen molar-refractivity contribution in [1.82, 2.24) is 0 Å². The largest absolute Gasteiger partial charge is 0.161 e. The summed E-state index contributed by atoms with van der Waals surface area (Å²) in [4.78, 5) is 0. The van der Waals surface area contributed by atoms with Crippen molar-refractivity contribution in [3.05, 3.63) is 12.2 Å². The van der Waals surface area contributed by atoms with Crippen molar-refractivity contribution in [2.45, 2.75) is 0 Å². The lowest BCUT2D eigenvalue weighted by molar-refractivity contribution is 1.66. The second-order valence-corrected chi connectivity index (χ2v) is 2.30. The molecule has 0 aromatic carbocycles. The Hall–Kier alpha value is 0.380. The van der Waals surface area contributed by atoms with Crippen LogP contribution in [0, 0.1) is 0 Å². The first kappa shape index (κ1) is 7.38. The van der Waals surface area contributed by atoms with E-state index in [1.54, 1.807) is 11.8 Å². The summed E-state index contributed by atoms with van der Waals surface area (Å²) < 4.78 is 0. The number of halogens is 1. The van der Waals surface area contributed by atoms with Gasteiger partial charge in [-0.2, -0.15) is 11.8 Å². The maximum Gasteiger partial charge on any atom is 0.0404 e. The average molecular weight is 137 g/mol. The van der Waals surface area contributed by atoms with Crippen LogP contribution in [0.1, 0.15) is 0 Å². The van der Waals surface area contributed by atoms with Crippen molar-refractivity contribution in [3.63, 3.8) is 0 Å². The molecule has 0 aliphatic heterocycles. The molecule has 0 aromatic heterocycles. The molecule has 0 saturated carbocycles. The fourth-order valence-electron chi connectivity index (χ4n) is 0.227. The maximum absolute atomic E-state index is 5.34. The highest BCUT2D eigenvalue weighted by atomic mass is 35.5. The molecule has 2 heteroatoms. The van der Waals surface area contributed by atoms with Gasteiger partial charge in [0.2, 0.25) is 0 Å². The van der Waals surface area contributed by atoms with Crippen LogP contribution < -0.4 is 0 Å². The number of hydrogen-bond acceptors (Lipinski definition) is 1. The Morgan fingerprint density at radius 2 is 2.29 bits per heavy atom. The molecule has 0 spiro atoms. The third kappa shape index (κ3) is 6.38. The summed E-state index contributed by atoms with van der Waals surface area (Å²) in [6.07, 6.45) is 6.09. The zero-order valence-electron chi connectivity index (χ0n) is 4.36. The zero-order chi connectivity index (χ0) is 5.54. The molecule has 0 fully saturated rings. The Bertz CT molecular complexity index is 52.0. The summed E-state index contributed by atoms with van der Waals surface area (Å²) in [7, 11) is 0. The molecule has 0 bridgehead atoms. The molecule has 0 radical (unpaired) electrons. The minimum absolute atomic E-state index is 0.639. The topological polar surface area (TPSA) is 0 Å². The molecule has 0 atom stereocenters. The molecule has 0 unspecified atom stereocenters. The van der Waals surface area contributed by atoms with Crippen LogP contribution in [0.5, 0.6) is 0 Å². The minimum Gasteiger partial charge on any atom is -0.161 e. The van der Waals surface area contributed by atoms with E-state index in [1.165, 1.54) is 0 Å². The van der Waals surface area contributed by atoms with Crippen molar-refractivity contribution in [3.8, 4) is 0 Å². The molecule has 7 heavy (non-hydrogen) atoms. The van der Waals surface area contributed by atoms with Gasteiger partial charge in [0.25, 0.3) is 0 Å². The molecule has 0 aromatic rings. The zero-order valence-corrected chi connectivity index (χ0v) is 5.93. The molecule has 0 aliphatic rings. The van der Waals surface area contributed by atoms with Gasteiger partial charge in [-0.05, 0) is 6.26 Å². The predicted octanol–water partition coefficient (Wildman–Crippen LogP) is 2.14. The number of alkyl halides is 1. The molecule has 0 amide bonds. The van der Waals surface area contributed by atoms with Gasteiger partial charge in [0.05, 0.1) is 0 Å². The summed E-state index contributed by atoms with van der Waals surface area (Å²) in [5, 5.41) is 0. The van der Waals surface area contributed by atoms with Gasteiger partial charge in [0.1, 0.15) is 0 Å². The summed E-state index contributed by atoms with van der Waals surface area (Å²) in [6.45, 7) is 0.